The van der Waals surface area contributed by atoms with Crippen molar-refractivity contribution in [2.45, 2.75) is 39.7 Å². The van der Waals surface area contributed by atoms with E-state index in [4.69, 9.17) is 9.90 Å². The molecular formula is C18H28N4O3. The van der Waals surface area contributed by atoms with Crippen LogP contribution in [0.5, 0.6) is 0 Å². The quantitative estimate of drug-likeness (QED) is 0.615. The molecule has 0 aliphatic carbocycles. The van der Waals surface area contributed by atoms with Crippen LogP contribution in [0.2, 0.25) is 0 Å². The summed E-state index contributed by atoms with van der Waals surface area (Å²) in [5.74, 6) is 6.88. The molecule has 7 heteroatoms. The van der Waals surface area contributed by atoms with Crippen LogP contribution in [0.1, 0.15) is 31.7 Å². The Balaban J connectivity index is 0.000000970. The SMILES string of the molecule is CCC#CCN1CCCC(CNC(=O)Cn2cc(C)cn2)C1.O=CO. The summed E-state index contributed by atoms with van der Waals surface area (Å²) in [7, 11) is 0. The molecule has 2 N–H and O–H groups in total. The lowest BCUT2D eigenvalue weighted by Gasteiger charge is -2.31. The number of piperidine rings is 1. The van der Waals surface area contributed by atoms with Gasteiger partial charge in [-0.05, 0) is 37.8 Å². The van der Waals surface area contributed by atoms with E-state index in [9.17, 15) is 4.79 Å². The Bertz CT molecular complexity index is 589. The van der Waals surface area contributed by atoms with Gasteiger partial charge in [-0.15, -0.1) is 5.92 Å². The molecule has 1 atom stereocenters. The third-order valence-corrected chi connectivity index (χ3v) is 3.86. The predicted octanol–water partition coefficient (Wildman–Crippen LogP) is 1.13. The zero-order valence-electron chi connectivity index (χ0n) is 15.1. The normalized spacial score (nSPS) is 16.8. The Morgan fingerprint density at radius 1 is 1.52 bits per heavy atom. The predicted molar refractivity (Wildman–Crippen MR) is 95.9 cm³/mol. The van der Waals surface area contributed by atoms with E-state index in [-0.39, 0.29) is 12.4 Å². The van der Waals surface area contributed by atoms with Crippen LogP contribution in [0.25, 0.3) is 0 Å². The summed E-state index contributed by atoms with van der Waals surface area (Å²) in [4.78, 5) is 22.7. The summed E-state index contributed by atoms with van der Waals surface area (Å²) >= 11 is 0. The fourth-order valence-electron chi connectivity index (χ4n) is 2.77. The van der Waals surface area contributed by atoms with Gasteiger partial charge < -0.3 is 10.4 Å². The van der Waals surface area contributed by atoms with Crippen LogP contribution in [0, 0.1) is 24.7 Å². The molecule has 0 bridgehead atoms. The van der Waals surface area contributed by atoms with E-state index >= 15 is 0 Å². The number of carbonyl (C=O) groups is 2. The number of hydrogen-bond acceptors (Lipinski definition) is 4. The summed E-state index contributed by atoms with van der Waals surface area (Å²) in [6, 6.07) is 0. The molecular weight excluding hydrogens is 320 g/mol. The Morgan fingerprint density at radius 3 is 2.92 bits per heavy atom. The summed E-state index contributed by atoms with van der Waals surface area (Å²) < 4.78 is 1.68. The van der Waals surface area contributed by atoms with Gasteiger partial charge in [-0.1, -0.05) is 12.8 Å². The van der Waals surface area contributed by atoms with Gasteiger partial charge in [0.25, 0.3) is 6.47 Å². The molecule has 1 aliphatic heterocycles. The van der Waals surface area contributed by atoms with E-state index in [1.54, 1.807) is 10.9 Å². The second-order valence-electron chi connectivity index (χ2n) is 6.08. The van der Waals surface area contributed by atoms with E-state index in [2.05, 4.69) is 34.1 Å². The van der Waals surface area contributed by atoms with Gasteiger partial charge in [0, 0.05) is 25.7 Å². The number of carbonyl (C=O) groups excluding carboxylic acids is 1. The van der Waals surface area contributed by atoms with Gasteiger partial charge in [0.2, 0.25) is 5.91 Å². The van der Waals surface area contributed by atoms with Crippen LogP contribution in [0.3, 0.4) is 0 Å². The van der Waals surface area contributed by atoms with Crippen molar-refractivity contribution < 1.29 is 14.7 Å². The average Bonchev–Trinajstić information content (AvgIpc) is 2.99. The average molecular weight is 348 g/mol. The summed E-state index contributed by atoms with van der Waals surface area (Å²) in [5.41, 5.74) is 1.07. The monoisotopic (exact) mass is 348 g/mol. The number of carboxylic acid groups (broad SMARTS) is 1. The molecule has 1 aromatic heterocycles. The maximum Gasteiger partial charge on any atom is 0.290 e. The first-order valence-corrected chi connectivity index (χ1v) is 8.60. The van der Waals surface area contributed by atoms with Crippen molar-refractivity contribution in [1.29, 1.82) is 0 Å². The van der Waals surface area contributed by atoms with Crippen LogP contribution in [0.4, 0.5) is 0 Å². The number of nitrogens with zero attached hydrogens (tertiary/aromatic N) is 3. The molecule has 138 valence electrons. The first kappa shape index (κ1) is 20.7. The molecule has 25 heavy (non-hydrogen) atoms. The molecule has 0 aromatic carbocycles. The molecule has 7 nitrogen and oxygen atoms in total. The highest BCUT2D eigenvalue weighted by Crippen LogP contribution is 2.15. The fraction of sp³-hybridized carbons (Fsp3) is 0.611. The molecule has 0 saturated carbocycles. The third kappa shape index (κ3) is 8.91. The lowest BCUT2D eigenvalue weighted by molar-refractivity contribution is -0.123. The van der Waals surface area contributed by atoms with Gasteiger partial charge >= 0.3 is 0 Å². The Morgan fingerprint density at radius 2 is 2.28 bits per heavy atom. The molecule has 1 saturated heterocycles. The number of rotatable bonds is 5. The number of aromatic nitrogens is 2. The van der Waals surface area contributed by atoms with Crippen molar-refractivity contribution >= 4 is 12.4 Å². The van der Waals surface area contributed by atoms with Gasteiger partial charge in [-0.3, -0.25) is 19.2 Å². The van der Waals surface area contributed by atoms with E-state index < -0.39 is 0 Å². The highest BCUT2D eigenvalue weighted by Gasteiger charge is 2.19. The summed E-state index contributed by atoms with van der Waals surface area (Å²) in [5, 5.41) is 14.1. The number of likely N-dealkylation sites (tertiary alicyclic amines) is 1. The molecule has 1 unspecified atom stereocenters. The molecule has 0 spiro atoms. The van der Waals surface area contributed by atoms with Crippen molar-refractivity contribution in [2.75, 3.05) is 26.2 Å². The van der Waals surface area contributed by atoms with Crippen molar-refractivity contribution in [2.24, 2.45) is 5.92 Å². The minimum absolute atomic E-state index is 0.0333. The molecule has 1 amide bonds. The second kappa shape index (κ2) is 12.1. The van der Waals surface area contributed by atoms with Gasteiger partial charge in [0.1, 0.15) is 6.54 Å². The first-order valence-electron chi connectivity index (χ1n) is 8.60. The number of aryl methyl sites for hydroxylation is 1. The molecule has 1 aromatic rings. The Kier molecular flexibility index (Phi) is 10.0. The fourth-order valence-corrected chi connectivity index (χ4v) is 2.77. The van der Waals surface area contributed by atoms with Crippen LogP contribution in [-0.4, -0.2) is 58.3 Å². The van der Waals surface area contributed by atoms with Crippen molar-refractivity contribution in [3.63, 3.8) is 0 Å². The Hall–Kier alpha value is -2.33. The smallest absolute Gasteiger partial charge is 0.290 e. The zero-order chi connectivity index (χ0) is 18.5. The summed E-state index contributed by atoms with van der Waals surface area (Å²) in [6.07, 6.45) is 6.93. The highest BCUT2D eigenvalue weighted by molar-refractivity contribution is 5.75. The zero-order valence-corrected chi connectivity index (χ0v) is 15.1. The largest absolute Gasteiger partial charge is 0.483 e. The maximum atomic E-state index is 11.9. The van der Waals surface area contributed by atoms with Gasteiger partial charge in [0.15, 0.2) is 0 Å². The van der Waals surface area contributed by atoms with Gasteiger partial charge in [-0.25, -0.2) is 0 Å². The Labute approximate surface area is 149 Å². The van der Waals surface area contributed by atoms with Gasteiger partial charge in [-0.2, -0.15) is 5.10 Å². The topological polar surface area (TPSA) is 87.5 Å². The van der Waals surface area contributed by atoms with E-state index in [0.717, 1.165) is 38.2 Å². The summed E-state index contributed by atoms with van der Waals surface area (Å²) in [6.45, 7) is 7.84. The molecule has 1 fully saturated rings. The number of amides is 1. The first-order chi connectivity index (χ1) is 12.1. The van der Waals surface area contributed by atoms with Crippen LogP contribution >= 0.6 is 0 Å². The molecule has 2 rings (SSSR count). The van der Waals surface area contributed by atoms with Crippen LogP contribution in [-0.2, 0) is 16.1 Å². The number of nitrogens with one attached hydrogen (secondary N) is 1. The third-order valence-electron chi connectivity index (χ3n) is 3.86. The number of hydrogen-bond donors (Lipinski definition) is 2. The van der Waals surface area contributed by atoms with E-state index in [1.807, 2.05) is 13.1 Å². The van der Waals surface area contributed by atoms with Gasteiger partial charge in [0.05, 0.1) is 12.7 Å². The van der Waals surface area contributed by atoms with Crippen molar-refractivity contribution in [1.82, 2.24) is 20.0 Å². The highest BCUT2D eigenvalue weighted by atomic mass is 16.3. The van der Waals surface area contributed by atoms with Crippen molar-refractivity contribution in [3.05, 3.63) is 18.0 Å². The van der Waals surface area contributed by atoms with Crippen molar-refractivity contribution in [3.8, 4) is 11.8 Å². The standard InChI is InChI=1S/C17H26N4O.CH2O2/c1-3-4-5-8-20-9-6-7-16(13-20)11-18-17(22)14-21-12-15(2)10-19-21;2-1-3/h10,12,16H,3,6-9,11,13-14H2,1-2H3,(H,18,22);1H,(H,2,3). The lowest BCUT2D eigenvalue weighted by atomic mass is 9.98. The lowest BCUT2D eigenvalue weighted by Crippen LogP contribution is -2.41. The van der Waals surface area contributed by atoms with E-state index in [1.165, 1.54) is 12.8 Å². The molecule has 1 aliphatic rings. The second-order valence-corrected chi connectivity index (χ2v) is 6.08. The minimum Gasteiger partial charge on any atom is -0.483 e. The van der Waals surface area contributed by atoms with Crippen LogP contribution in [0.15, 0.2) is 12.4 Å². The molecule has 0 radical (unpaired) electrons. The van der Waals surface area contributed by atoms with Crippen LogP contribution < -0.4 is 5.32 Å². The minimum atomic E-state index is -0.250. The van der Waals surface area contributed by atoms with E-state index in [0.29, 0.717) is 12.5 Å². The molecule has 2 heterocycles. The maximum absolute atomic E-state index is 11.9.